The van der Waals surface area contributed by atoms with Crippen LogP contribution in [0, 0.1) is 0 Å². The van der Waals surface area contributed by atoms with Crippen molar-refractivity contribution in [2.75, 3.05) is 25.4 Å². The minimum atomic E-state index is -1.03. The van der Waals surface area contributed by atoms with Crippen molar-refractivity contribution in [3.05, 3.63) is 29.8 Å². The summed E-state index contributed by atoms with van der Waals surface area (Å²) in [6, 6.07) is 3.55. The average molecular weight is 288 g/mol. The Hall–Kier alpha value is -2.08. The SMILES string of the molecule is CCN1CCC(c2nc(C(=O)O)c3c(N)cccn23)CC1. The van der Waals surface area contributed by atoms with Crippen LogP contribution < -0.4 is 5.73 Å². The zero-order valence-corrected chi connectivity index (χ0v) is 12.1. The standard InChI is InChI=1S/C15H20N4O2/c1-2-18-8-5-10(6-9-18)14-17-12(15(20)21)13-11(16)4-3-7-19(13)14/h3-4,7,10H,2,5-6,8-9,16H2,1H3,(H,20,21). The van der Waals surface area contributed by atoms with Crippen molar-refractivity contribution < 1.29 is 9.90 Å². The Morgan fingerprint density at radius 3 is 2.81 bits per heavy atom. The van der Waals surface area contributed by atoms with Gasteiger partial charge >= 0.3 is 5.97 Å². The van der Waals surface area contributed by atoms with Gasteiger partial charge in [-0.2, -0.15) is 0 Å². The van der Waals surface area contributed by atoms with Gasteiger partial charge in [-0.1, -0.05) is 6.92 Å². The number of piperidine rings is 1. The van der Waals surface area contributed by atoms with E-state index in [-0.39, 0.29) is 11.6 Å². The number of aromatic nitrogens is 2. The summed E-state index contributed by atoms with van der Waals surface area (Å²) in [4.78, 5) is 18.2. The maximum Gasteiger partial charge on any atom is 0.356 e. The number of carbonyl (C=O) groups is 1. The number of likely N-dealkylation sites (tertiary alicyclic amines) is 1. The van der Waals surface area contributed by atoms with Gasteiger partial charge in [-0.25, -0.2) is 9.78 Å². The molecule has 2 aromatic rings. The van der Waals surface area contributed by atoms with E-state index in [9.17, 15) is 9.90 Å². The molecule has 0 spiro atoms. The fourth-order valence-corrected chi connectivity index (χ4v) is 3.13. The quantitative estimate of drug-likeness (QED) is 0.900. The minimum Gasteiger partial charge on any atom is -0.476 e. The van der Waals surface area contributed by atoms with Crippen LogP contribution in [0.2, 0.25) is 0 Å². The number of carboxylic acids is 1. The maximum atomic E-state index is 11.4. The fraction of sp³-hybridized carbons (Fsp3) is 0.467. The third-order valence-corrected chi connectivity index (χ3v) is 4.33. The maximum absolute atomic E-state index is 11.4. The number of pyridine rings is 1. The van der Waals surface area contributed by atoms with Gasteiger partial charge in [0.2, 0.25) is 0 Å². The Bertz CT molecular complexity index is 672. The van der Waals surface area contributed by atoms with Gasteiger partial charge in [-0.3, -0.25) is 0 Å². The largest absolute Gasteiger partial charge is 0.476 e. The number of nitrogens with two attached hydrogens (primary N) is 1. The van der Waals surface area contributed by atoms with Crippen LogP contribution in [0.5, 0.6) is 0 Å². The monoisotopic (exact) mass is 288 g/mol. The van der Waals surface area contributed by atoms with Crippen LogP contribution in [-0.2, 0) is 0 Å². The van der Waals surface area contributed by atoms with Crippen LogP contribution >= 0.6 is 0 Å². The first-order chi connectivity index (χ1) is 10.1. The van der Waals surface area contributed by atoms with Crippen LogP contribution in [0.3, 0.4) is 0 Å². The molecule has 3 rings (SSSR count). The van der Waals surface area contributed by atoms with Crippen molar-refractivity contribution in [2.45, 2.75) is 25.7 Å². The zero-order valence-electron chi connectivity index (χ0n) is 12.1. The summed E-state index contributed by atoms with van der Waals surface area (Å²) in [5, 5.41) is 9.36. The molecule has 1 aliphatic heterocycles. The van der Waals surface area contributed by atoms with Crippen molar-refractivity contribution in [3.63, 3.8) is 0 Å². The number of fused-ring (bicyclic) bond motifs is 1. The van der Waals surface area contributed by atoms with E-state index in [1.807, 2.05) is 16.7 Å². The Balaban J connectivity index is 2.04. The molecule has 3 heterocycles. The number of imidazole rings is 1. The molecule has 1 fully saturated rings. The second-order valence-electron chi connectivity index (χ2n) is 5.51. The molecule has 0 radical (unpaired) electrons. The number of hydrogen-bond donors (Lipinski definition) is 2. The summed E-state index contributed by atoms with van der Waals surface area (Å²) in [6.07, 6.45) is 3.86. The summed E-state index contributed by atoms with van der Waals surface area (Å²) in [5.74, 6) is 0.0864. The molecule has 1 aliphatic rings. The van der Waals surface area contributed by atoms with E-state index in [1.165, 1.54) is 0 Å². The molecule has 0 amide bonds. The van der Waals surface area contributed by atoms with Crippen molar-refractivity contribution >= 4 is 17.2 Å². The summed E-state index contributed by atoms with van der Waals surface area (Å²) >= 11 is 0. The van der Waals surface area contributed by atoms with Gasteiger partial charge in [0, 0.05) is 12.1 Å². The summed E-state index contributed by atoms with van der Waals surface area (Å²) in [5.41, 5.74) is 6.98. The van der Waals surface area contributed by atoms with Gasteiger partial charge in [-0.15, -0.1) is 0 Å². The molecule has 2 aromatic heterocycles. The van der Waals surface area contributed by atoms with Crippen molar-refractivity contribution in [3.8, 4) is 0 Å². The number of rotatable bonds is 3. The Labute approximate surface area is 123 Å². The Kier molecular flexibility index (Phi) is 3.55. The first-order valence-corrected chi connectivity index (χ1v) is 7.34. The molecule has 0 aliphatic carbocycles. The van der Waals surface area contributed by atoms with Crippen molar-refractivity contribution in [2.24, 2.45) is 0 Å². The summed E-state index contributed by atoms with van der Waals surface area (Å²) in [7, 11) is 0. The summed E-state index contributed by atoms with van der Waals surface area (Å²) < 4.78 is 1.85. The first kappa shape index (κ1) is 13.9. The molecule has 0 saturated carbocycles. The summed E-state index contributed by atoms with van der Waals surface area (Å²) in [6.45, 7) is 5.28. The highest BCUT2D eigenvalue weighted by Gasteiger charge is 2.27. The number of aromatic carboxylic acids is 1. The second-order valence-corrected chi connectivity index (χ2v) is 5.51. The lowest BCUT2D eigenvalue weighted by Gasteiger charge is -2.30. The minimum absolute atomic E-state index is 0.0565. The Morgan fingerprint density at radius 2 is 2.19 bits per heavy atom. The molecule has 0 atom stereocenters. The number of carboxylic acid groups (broad SMARTS) is 1. The molecule has 0 aromatic carbocycles. The van der Waals surface area contributed by atoms with Crippen LogP contribution in [0.4, 0.5) is 5.69 Å². The van der Waals surface area contributed by atoms with E-state index in [1.54, 1.807) is 6.07 Å². The highest BCUT2D eigenvalue weighted by Crippen LogP contribution is 2.30. The van der Waals surface area contributed by atoms with E-state index >= 15 is 0 Å². The fourth-order valence-electron chi connectivity index (χ4n) is 3.13. The molecule has 21 heavy (non-hydrogen) atoms. The smallest absolute Gasteiger partial charge is 0.356 e. The van der Waals surface area contributed by atoms with Gasteiger partial charge in [0.25, 0.3) is 0 Å². The molecule has 6 heteroatoms. The predicted octanol–water partition coefficient (Wildman–Crippen LogP) is 1.81. The van der Waals surface area contributed by atoms with E-state index in [2.05, 4.69) is 16.8 Å². The first-order valence-electron chi connectivity index (χ1n) is 7.34. The van der Waals surface area contributed by atoms with Gasteiger partial charge in [0.15, 0.2) is 5.69 Å². The molecule has 112 valence electrons. The number of nitrogen functional groups attached to an aromatic ring is 1. The van der Waals surface area contributed by atoms with Crippen LogP contribution in [0.1, 0.15) is 42.0 Å². The van der Waals surface area contributed by atoms with E-state index in [0.717, 1.165) is 38.3 Å². The number of anilines is 1. The van der Waals surface area contributed by atoms with Crippen molar-refractivity contribution in [1.82, 2.24) is 14.3 Å². The normalized spacial score (nSPS) is 17.4. The third kappa shape index (κ3) is 2.35. The van der Waals surface area contributed by atoms with E-state index in [4.69, 9.17) is 5.73 Å². The highest BCUT2D eigenvalue weighted by atomic mass is 16.4. The number of nitrogens with zero attached hydrogens (tertiary/aromatic N) is 3. The lowest BCUT2D eigenvalue weighted by Crippen LogP contribution is -2.33. The molecule has 6 nitrogen and oxygen atoms in total. The van der Waals surface area contributed by atoms with E-state index in [0.29, 0.717) is 11.2 Å². The van der Waals surface area contributed by atoms with Crippen LogP contribution in [0.25, 0.3) is 5.52 Å². The van der Waals surface area contributed by atoms with Gasteiger partial charge in [0.05, 0.1) is 5.69 Å². The second kappa shape index (κ2) is 5.37. The van der Waals surface area contributed by atoms with Crippen LogP contribution in [0.15, 0.2) is 18.3 Å². The van der Waals surface area contributed by atoms with Gasteiger partial charge < -0.3 is 20.1 Å². The van der Waals surface area contributed by atoms with E-state index < -0.39 is 5.97 Å². The van der Waals surface area contributed by atoms with Crippen molar-refractivity contribution in [1.29, 1.82) is 0 Å². The topological polar surface area (TPSA) is 83.9 Å². The lowest BCUT2D eigenvalue weighted by atomic mass is 9.96. The lowest BCUT2D eigenvalue weighted by molar-refractivity contribution is 0.0693. The molecule has 0 bridgehead atoms. The average Bonchev–Trinajstić information content (AvgIpc) is 2.88. The third-order valence-electron chi connectivity index (χ3n) is 4.33. The Morgan fingerprint density at radius 1 is 1.48 bits per heavy atom. The highest BCUT2D eigenvalue weighted by molar-refractivity contribution is 5.97. The van der Waals surface area contributed by atoms with Crippen LogP contribution in [-0.4, -0.2) is 45.0 Å². The molecular weight excluding hydrogens is 268 g/mol. The van der Waals surface area contributed by atoms with Gasteiger partial charge in [-0.05, 0) is 44.6 Å². The number of hydrogen-bond acceptors (Lipinski definition) is 4. The predicted molar refractivity (Wildman–Crippen MR) is 80.7 cm³/mol. The molecule has 0 unspecified atom stereocenters. The van der Waals surface area contributed by atoms with Gasteiger partial charge in [0.1, 0.15) is 11.3 Å². The molecule has 3 N–H and O–H groups in total. The molecular formula is C15H20N4O2. The molecule has 1 saturated heterocycles. The zero-order chi connectivity index (χ0) is 15.0.